The number of benzene rings is 2. The SMILES string of the molecule is Cc1oc(-c2ccccc2)nc1CCOc1cccc(CN(CC(=O)OC(C)(C)C)C(=O)Cl)c1. The summed E-state index contributed by atoms with van der Waals surface area (Å²) in [6.07, 6.45) is 0.581. The molecule has 0 bridgehead atoms. The number of rotatable bonds is 9. The summed E-state index contributed by atoms with van der Waals surface area (Å²) in [5.74, 6) is 1.47. The molecule has 0 aliphatic rings. The van der Waals surface area contributed by atoms with Gasteiger partial charge in [-0.05, 0) is 69.1 Å². The van der Waals surface area contributed by atoms with Gasteiger partial charge in [0.05, 0.1) is 12.3 Å². The minimum Gasteiger partial charge on any atom is -0.493 e. The number of amides is 1. The van der Waals surface area contributed by atoms with Crippen LogP contribution in [0.15, 0.2) is 59.0 Å². The zero-order valence-electron chi connectivity index (χ0n) is 19.8. The van der Waals surface area contributed by atoms with Crippen LogP contribution >= 0.6 is 11.6 Å². The van der Waals surface area contributed by atoms with E-state index in [1.165, 1.54) is 4.90 Å². The molecule has 8 heteroatoms. The third-order valence-corrected chi connectivity index (χ3v) is 5.02. The predicted molar refractivity (Wildman–Crippen MR) is 130 cm³/mol. The fraction of sp³-hybridized carbons (Fsp3) is 0.346. The Kier molecular flexibility index (Phi) is 8.34. The summed E-state index contributed by atoms with van der Waals surface area (Å²) >= 11 is 5.69. The molecule has 1 amide bonds. The Morgan fingerprint density at radius 3 is 2.50 bits per heavy atom. The topological polar surface area (TPSA) is 81.9 Å². The molecule has 1 aromatic heterocycles. The van der Waals surface area contributed by atoms with E-state index in [-0.39, 0.29) is 13.1 Å². The zero-order valence-corrected chi connectivity index (χ0v) is 20.6. The van der Waals surface area contributed by atoms with Crippen molar-refractivity contribution in [1.82, 2.24) is 9.88 Å². The molecule has 0 radical (unpaired) electrons. The van der Waals surface area contributed by atoms with Crippen molar-refractivity contribution >= 4 is 22.9 Å². The number of oxazole rings is 1. The maximum Gasteiger partial charge on any atom is 0.326 e. The van der Waals surface area contributed by atoms with E-state index < -0.39 is 16.9 Å². The summed E-state index contributed by atoms with van der Waals surface area (Å²) in [6, 6.07) is 17.0. The Bertz CT molecular complexity index is 1120. The quantitative estimate of drug-likeness (QED) is 0.218. The second-order valence-corrected chi connectivity index (χ2v) is 9.15. The lowest BCUT2D eigenvalue weighted by molar-refractivity contribution is -0.155. The highest BCUT2D eigenvalue weighted by Crippen LogP contribution is 2.22. The number of aromatic nitrogens is 1. The Labute approximate surface area is 204 Å². The predicted octanol–water partition coefficient (Wildman–Crippen LogP) is 5.77. The monoisotopic (exact) mass is 484 g/mol. The molecule has 0 unspecified atom stereocenters. The van der Waals surface area contributed by atoms with E-state index in [0.29, 0.717) is 24.7 Å². The van der Waals surface area contributed by atoms with Gasteiger partial charge in [-0.3, -0.25) is 9.59 Å². The molecule has 0 atom stereocenters. The van der Waals surface area contributed by atoms with Gasteiger partial charge in [-0.25, -0.2) is 4.98 Å². The average molecular weight is 485 g/mol. The first-order valence-corrected chi connectivity index (χ1v) is 11.4. The highest BCUT2D eigenvalue weighted by molar-refractivity contribution is 6.62. The number of aryl methyl sites for hydroxylation is 1. The molecular formula is C26H29ClN2O5. The minimum atomic E-state index is -0.729. The fourth-order valence-corrected chi connectivity index (χ4v) is 3.41. The second kappa shape index (κ2) is 11.2. The lowest BCUT2D eigenvalue weighted by Crippen LogP contribution is -2.36. The number of hydrogen-bond donors (Lipinski definition) is 0. The first-order valence-electron chi connectivity index (χ1n) is 11.0. The van der Waals surface area contributed by atoms with Gasteiger partial charge in [0.25, 0.3) is 0 Å². The van der Waals surface area contributed by atoms with Crippen LogP contribution in [0.5, 0.6) is 5.75 Å². The minimum absolute atomic E-state index is 0.154. The molecule has 7 nitrogen and oxygen atoms in total. The Balaban J connectivity index is 1.57. The van der Waals surface area contributed by atoms with Gasteiger partial charge < -0.3 is 18.8 Å². The van der Waals surface area contributed by atoms with Gasteiger partial charge in [0.1, 0.15) is 23.7 Å². The van der Waals surface area contributed by atoms with Crippen molar-refractivity contribution in [3.63, 3.8) is 0 Å². The van der Waals surface area contributed by atoms with Gasteiger partial charge in [0.15, 0.2) is 0 Å². The van der Waals surface area contributed by atoms with Gasteiger partial charge in [-0.15, -0.1) is 0 Å². The van der Waals surface area contributed by atoms with E-state index in [0.717, 1.165) is 22.6 Å². The molecule has 34 heavy (non-hydrogen) atoms. The highest BCUT2D eigenvalue weighted by atomic mass is 35.5. The third-order valence-electron chi connectivity index (χ3n) is 4.78. The zero-order chi connectivity index (χ0) is 24.7. The van der Waals surface area contributed by atoms with Crippen LogP contribution in [0.25, 0.3) is 11.5 Å². The van der Waals surface area contributed by atoms with E-state index in [1.807, 2.05) is 61.5 Å². The molecule has 0 saturated carbocycles. The summed E-state index contributed by atoms with van der Waals surface area (Å²) < 4.78 is 17.0. The number of halogens is 1. The summed E-state index contributed by atoms with van der Waals surface area (Å²) in [4.78, 5) is 29.8. The summed E-state index contributed by atoms with van der Waals surface area (Å²) in [7, 11) is 0. The van der Waals surface area contributed by atoms with Crippen LogP contribution in [0.3, 0.4) is 0 Å². The summed E-state index contributed by atoms with van der Waals surface area (Å²) in [6.45, 7) is 7.51. The lowest BCUT2D eigenvalue weighted by Gasteiger charge is -2.23. The van der Waals surface area contributed by atoms with Crippen molar-refractivity contribution in [3.8, 4) is 17.2 Å². The van der Waals surface area contributed by atoms with Gasteiger partial charge in [0.2, 0.25) is 5.89 Å². The van der Waals surface area contributed by atoms with Crippen molar-refractivity contribution in [2.24, 2.45) is 0 Å². The molecule has 0 fully saturated rings. The molecule has 3 aromatic rings. The average Bonchev–Trinajstić information content (AvgIpc) is 3.13. The number of nitrogens with zero attached hydrogens (tertiary/aromatic N) is 2. The smallest absolute Gasteiger partial charge is 0.326 e. The molecule has 0 aliphatic heterocycles. The van der Waals surface area contributed by atoms with Crippen molar-refractivity contribution in [2.75, 3.05) is 13.2 Å². The van der Waals surface area contributed by atoms with Crippen LogP contribution in [0.1, 0.15) is 37.8 Å². The van der Waals surface area contributed by atoms with Crippen LogP contribution in [0.4, 0.5) is 4.79 Å². The van der Waals surface area contributed by atoms with E-state index in [9.17, 15) is 9.59 Å². The van der Waals surface area contributed by atoms with E-state index in [4.69, 9.17) is 25.5 Å². The first-order chi connectivity index (χ1) is 16.1. The molecule has 3 rings (SSSR count). The van der Waals surface area contributed by atoms with Crippen molar-refractivity contribution in [3.05, 3.63) is 71.6 Å². The number of carbonyl (C=O) groups excluding carboxylic acids is 2. The van der Waals surface area contributed by atoms with E-state index >= 15 is 0 Å². The van der Waals surface area contributed by atoms with Gasteiger partial charge in [-0.1, -0.05) is 30.3 Å². The van der Waals surface area contributed by atoms with Crippen LogP contribution in [0, 0.1) is 6.92 Å². The number of ether oxygens (including phenoxy) is 2. The maximum absolute atomic E-state index is 12.1. The maximum atomic E-state index is 12.1. The molecular weight excluding hydrogens is 456 g/mol. The van der Waals surface area contributed by atoms with Crippen LogP contribution < -0.4 is 4.74 Å². The van der Waals surface area contributed by atoms with Crippen LogP contribution in [-0.2, 0) is 22.5 Å². The molecule has 0 saturated heterocycles. The largest absolute Gasteiger partial charge is 0.493 e. The van der Waals surface area contributed by atoms with Gasteiger partial charge >= 0.3 is 11.3 Å². The summed E-state index contributed by atoms with van der Waals surface area (Å²) in [5, 5.41) is -0.729. The first kappa shape index (κ1) is 25.3. The molecule has 0 aliphatic carbocycles. The molecule has 0 spiro atoms. The summed E-state index contributed by atoms with van der Waals surface area (Å²) in [5.41, 5.74) is 1.90. The number of esters is 1. The molecule has 1 heterocycles. The second-order valence-electron chi connectivity index (χ2n) is 8.83. The third kappa shape index (κ3) is 7.63. The van der Waals surface area contributed by atoms with Crippen molar-refractivity contribution in [1.29, 1.82) is 0 Å². The fourth-order valence-electron chi connectivity index (χ4n) is 3.29. The lowest BCUT2D eigenvalue weighted by atomic mass is 10.2. The normalized spacial score (nSPS) is 11.2. The van der Waals surface area contributed by atoms with Crippen LogP contribution in [0.2, 0.25) is 0 Å². The number of hydrogen-bond acceptors (Lipinski definition) is 6. The van der Waals surface area contributed by atoms with Crippen molar-refractivity contribution < 1.29 is 23.5 Å². The molecule has 180 valence electrons. The van der Waals surface area contributed by atoms with E-state index in [1.54, 1.807) is 20.8 Å². The van der Waals surface area contributed by atoms with Crippen molar-refractivity contribution in [2.45, 2.75) is 46.3 Å². The standard InChI is InChI=1S/C26H29ClN2O5/c1-18-22(28-24(33-18)20-10-6-5-7-11-20)13-14-32-21-12-8-9-19(15-21)16-29(25(27)31)17-23(30)34-26(2,3)4/h5-12,15H,13-14,16-17H2,1-4H3. The Hall–Kier alpha value is -3.32. The van der Waals surface area contributed by atoms with Crippen LogP contribution in [-0.4, -0.2) is 40.0 Å². The van der Waals surface area contributed by atoms with Gasteiger partial charge in [-0.2, -0.15) is 0 Å². The number of carbonyl (C=O) groups is 2. The highest BCUT2D eigenvalue weighted by Gasteiger charge is 2.21. The van der Waals surface area contributed by atoms with Gasteiger partial charge in [0, 0.05) is 18.5 Å². The molecule has 2 aromatic carbocycles. The Morgan fingerprint density at radius 1 is 1.09 bits per heavy atom. The Morgan fingerprint density at radius 2 is 1.82 bits per heavy atom. The molecule has 0 N–H and O–H groups in total. The van der Waals surface area contributed by atoms with E-state index in [2.05, 4.69) is 4.98 Å².